The molecule has 0 bridgehead atoms. The second-order valence-corrected chi connectivity index (χ2v) is 6.63. The van der Waals surface area contributed by atoms with Crippen LogP contribution in [0, 0.1) is 6.92 Å². The molecule has 0 unspecified atom stereocenters. The lowest BCUT2D eigenvalue weighted by Crippen LogP contribution is -2.52. The summed E-state index contributed by atoms with van der Waals surface area (Å²) >= 11 is 0. The number of rotatable bonds is 7. The Bertz CT molecular complexity index is 509. The van der Waals surface area contributed by atoms with Crippen molar-refractivity contribution in [1.82, 2.24) is 19.7 Å². The van der Waals surface area contributed by atoms with Gasteiger partial charge in [-0.2, -0.15) is 0 Å². The minimum atomic E-state index is -0.0265. The first-order valence-electron chi connectivity index (χ1n) is 8.54. The highest BCUT2D eigenvalue weighted by Gasteiger charge is 2.50. The number of hydrogen-bond acceptors (Lipinski definition) is 6. The smallest absolute Gasteiger partial charge is 0.129 e. The number of nitrogens with zero attached hydrogens (tertiary/aromatic N) is 4. The Hall–Kier alpha value is -1.02. The number of aliphatic hydroxyl groups is 1. The molecule has 3 rings (SSSR count). The average Bonchev–Trinajstić information content (AvgIpc) is 3.14. The lowest BCUT2D eigenvalue weighted by molar-refractivity contribution is -0.103. The van der Waals surface area contributed by atoms with Crippen LogP contribution in [0.5, 0.6) is 0 Å². The largest absolute Gasteiger partial charge is 0.394 e. The zero-order valence-corrected chi connectivity index (χ0v) is 14.1. The first-order valence-corrected chi connectivity index (χ1v) is 8.54. The van der Waals surface area contributed by atoms with E-state index in [0.29, 0.717) is 12.6 Å². The molecule has 130 valence electrons. The van der Waals surface area contributed by atoms with E-state index in [1.807, 2.05) is 14.0 Å². The zero-order valence-electron chi connectivity index (χ0n) is 14.1. The van der Waals surface area contributed by atoms with Crippen molar-refractivity contribution < 1.29 is 14.6 Å². The summed E-state index contributed by atoms with van der Waals surface area (Å²) in [6.45, 7) is 5.44. The van der Waals surface area contributed by atoms with Crippen molar-refractivity contribution in [3.05, 3.63) is 12.2 Å². The van der Waals surface area contributed by atoms with Crippen LogP contribution in [0.25, 0.3) is 0 Å². The van der Waals surface area contributed by atoms with Crippen molar-refractivity contribution in [2.45, 2.75) is 56.9 Å². The number of fused-ring (bicyclic) bond motifs is 1. The molecule has 0 aromatic carbocycles. The monoisotopic (exact) mass is 324 g/mol. The van der Waals surface area contributed by atoms with Crippen molar-refractivity contribution in [2.24, 2.45) is 0 Å². The second kappa shape index (κ2) is 7.25. The van der Waals surface area contributed by atoms with E-state index in [0.717, 1.165) is 51.1 Å². The summed E-state index contributed by atoms with van der Waals surface area (Å²) in [5, 5.41) is 17.0. The van der Waals surface area contributed by atoms with Gasteiger partial charge in [-0.1, -0.05) is 0 Å². The van der Waals surface area contributed by atoms with Gasteiger partial charge in [-0.15, -0.1) is 10.2 Å². The molecule has 3 atom stereocenters. The Morgan fingerprint density at radius 1 is 1.39 bits per heavy atom. The first kappa shape index (κ1) is 16.8. The number of aromatic nitrogens is 3. The molecule has 2 heterocycles. The topological polar surface area (TPSA) is 72.6 Å². The van der Waals surface area contributed by atoms with Crippen molar-refractivity contribution in [1.29, 1.82) is 0 Å². The minimum Gasteiger partial charge on any atom is -0.394 e. The van der Waals surface area contributed by atoms with Crippen molar-refractivity contribution in [3.8, 4) is 0 Å². The molecule has 1 saturated heterocycles. The van der Waals surface area contributed by atoms with Gasteiger partial charge in [0, 0.05) is 32.8 Å². The van der Waals surface area contributed by atoms with Crippen LogP contribution in [-0.2, 0) is 16.0 Å². The van der Waals surface area contributed by atoms with Gasteiger partial charge in [0.05, 0.1) is 24.9 Å². The van der Waals surface area contributed by atoms with E-state index in [2.05, 4.69) is 19.7 Å². The van der Waals surface area contributed by atoms with Gasteiger partial charge in [-0.25, -0.2) is 0 Å². The van der Waals surface area contributed by atoms with Crippen molar-refractivity contribution in [2.75, 3.05) is 33.4 Å². The van der Waals surface area contributed by atoms with Gasteiger partial charge in [0.25, 0.3) is 0 Å². The molecule has 7 heteroatoms. The molecule has 1 N–H and O–H groups in total. The summed E-state index contributed by atoms with van der Waals surface area (Å²) in [5.74, 6) is 0.954. The van der Waals surface area contributed by atoms with E-state index in [4.69, 9.17) is 14.6 Å². The molecule has 1 saturated carbocycles. The molecule has 23 heavy (non-hydrogen) atoms. The molecular formula is C16H28N4O3. The number of ether oxygens (including phenoxy) is 2. The Labute approximate surface area is 137 Å². The summed E-state index contributed by atoms with van der Waals surface area (Å²) in [4.78, 5) is 2.53. The van der Waals surface area contributed by atoms with E-state index in [9.17, 15) is 0 Å². The van der Waals surface area contributed by atoms with Crippen LogP contribution < -0.4 is 0 Å². The summed E-state index contributed by atoms with van der Waals surface area (Å²) < 4.78 is 13.9. The number of methoxy groups -OCH3 is 1. The Kier molecular flexibility index (Phi) is 5.31. The predicted molar refractivity (Wildman–Crippen MR) is 85.2 cm³/mol. The highest BCUT2D eigenvalue weighted by Crippen LogP contribution is 2.43. The van der Waals surface area contributed by atoms with E-state index in [1.54, 1.807) is 6.33 Å². The van der Waals surface area contributed by atoms with Crippen molar-refractivity contribution >= 4 is 0 Å². The lowest BCUT2D eigenvalue weighted by atomic mass is 9.79. The van der Waals surface area contributed by atoms with Crippen LogP contribution in [0.3, 0.4) is 0 Å². The first-order chi connectivity index (χ1) is 11.2. The molecule has 0 radical (unpaired) electrons. The SMILES string of the molecule is CO[C@@]12CC[C@H](OCCO)C[C@@H]1N(CCn1cnnc1C)CC2. The van der Waals surface area contributed by atoms with Crippen molar-refractivity contribution in [3.63, 3.8) is 0 Å². The van der Waals surface area contributed by atoms with Crippen LogP contribution in [0.1, 0.15) is 31.5 Å². The molecule has 7 nitrogen and oxygen atoms in total. The Morgan fingerprint density at radius 3 is 2.96 bits per heavy atom. The van der Waals surface area contributed by atoms with Gasteiger partial charge >= 0.3 is 0 Å². The lowest BCUT2D eigenvalue weighted by Gasteiger charge is -2.43. The van der Waals surface area contributed by atoms with Crippen LogP contribution >= 0.6 is 0 Å². The minimum absolute atomic E-state index is 0.0265. The third-order valence-corrected chi connectivity index (χ3v) is 5.53. The molecule has 1 aliphatic heterocycles. The summed E-state index contributed by atoms with van der Waals surface area (Å²) in [6.07, 6.45) is 6.14. The Morgan fingerprint density at radius 2 is 2.26 bits per heavy atom. The number of aliphatic hydroxyl groups excluding tert-OH is 1. The Balaban J connectivity index is 1.63. The zero-order chi connectivity index (χ0) is 16.3. The van der Waals surface area contributed by atoms with Gasteiger partial charge < -0.3 is 19.1 Å². The van der Waals surface area contributed by atoms with Crippen LogP contribution in [0.2, 0.25) is 0 Å². The predicted octanol–water partition coefficient (Wildman–Crippen LogP) is 0.607. The molecule has 1 aromatic rings. The van der Waals surface area contributed by atoms with E-state index in [1.165, 1.54) is 0 Å². The van der Waals surface area contributed by atoms with Gasteiger partial charge in [-0.05, 0) is 32.6 Å². The van der Waals surface area contributed by atoms with Gasteiger partial charge in [0.2, 0.25) is 0 Å². The summed E-state index contributed by atoms with van der Waals surface area (Å²) in [7, 11) is 1.84. The maximum absolute atomic E-state index is 8.97. The van der Waals surface area contributed by atoms with Crippen LogP contribution in [-0.4, -0.2) is 75.9 Å². The standard InChI is InChI=1S/C16H28N4O3/c1-13-18-17-12-20(13)8-7-19-6-5-16(22-2)4-3-14(11-15(16)19)23-10-9-21/h12,14-15,21H,3-11H2,1-2H3/t14-,15-,16+/m0/s1. The quantitative estimate of drug-likeness (QED) is 0.792. The fourth-order valence-corrected chi connectivity index (χ4v) is 4.16. The number of hydrogen-bond donors (Lipinski definition) is 1. The molecule has 1 aromatic heterocycles. The molecule has 0 amide bonds. The maximum atomic E-state index is 8.97. The fraction of sp³-hybridized carbons (Fsp3) is 0.875. The third-order valence-electron chi connectivity index (χ3n) is 5.53. The van der Waals surface area contributed by atoms with E-state index < -0.39 is 0 Å². The number of likely N-dealkylation sites (tertiary alicyclic amines) is 1. The third kappa shape index (κ3) is 3.42. The molecule has 2 fully saturated rings. The summed E-state index contributed by atoms with van der Waals surface area (Å²) in [6, 6.07) is 0.390. The fourth-order valence-electron chi connectivity index (χ4n) is 4.16. The average molecular weight is 324 g/mol. The normalized spacial score (nSPS) is 31.4. The molecular weight excluding hydrogens is 296 g/mol. The van der Waals surface area contributed by atoms with Gasteiger partial charge in [-0.3, -0.25) is 4.90 Å². The second-order valence-electron chi connectivity index (χ2n) is 6.63. The van der Waals surface area contributed by atoms with E-state index in [-0.39, 0.29) is 18.3 Å². The molecule has 0 spiro atoms. The highest BCUT2D eigenvalue weighted by molar-refractivity contribution is 5.05. The molecule has 1 aliphatic carbocycles. The van der Waals surface area contributed by atoms with Crippen LogP contribution in [0.15, 0.2) is 6.33 Å². The molecule has 2 aliphatic rings. The van der Waals surface area contributed by atoms with Crippen LogP contribution in [0.4, 0.5) is 0 Å². The van der Waals surface area contributed by atoms with E-state index >= 15 is 0 Å². The highest BCUT2D eigenvalue weighted by atomic mass is 16.5. The van der Waals surface area contributed by atoms with Gasteiger partial charge in [0.15, 0.2) is 0 Å². The maximum Gasteiger partial charge on any atom is 0.129 e. The number of aryl methyl sites for hydroxylation is 1. The van der Waals surface area contributed by atoms with Gasteiger partial charge in [0.1, 0.15) is 12.2 Å². The summed E-state index contributed by atoms with van der Waals surface area (Å²) in [5.41, 5.74) is -0.0265.